The van der Waals surface area contributed by atoms with Gasteiger partial charge in [0.2, 0.25) is 0 Å². The number of benzene rings is 2. The highest BCUT2D eigenvalue weighted by Crippen LogP contribution is 2.15. The van der Waals surface area contributed by atoms with Crippen LogP contribution in [0.1, 0.15) is 12.5 Å². The standard InChI is InChI=1S/C17H17FN2O3/c1-2-22-16-8-6-15(7-9-16)20-17(21)12-23-19-11-13-4-3-5-14(18)10-13/h3-11H,2,12H2,1H3,(H,20,21)/b19-11-. The minimum atomic E-state index is -0.359. The molecule has 23 heavy (non-hydrogen) atoms. The molecule has 0 fully saturated rings. The van der Waals surface area contributed by atoms with Crippen LogP contribution in [0.15, 0.2) is 53.7 Å². The number of hydrogen-bond donors (Lipinski definition) is 1. The minimum absolute atomic E-state index is 0.237. The maximum atomic E-state index is 12.9. The molecular weight excluding hydrogens is 299 g/mol. The Hall–Kier alpha value is -2.89. The second-order valence-corrected chi connectivity index (χ2v) is 4.57. The van der Waals surface area contributed by atoms with Crippen molar-refractivity contribution in [2.45, 2.75) is 6.92 Å². The molecule has 0 spiro atoms. The molecule has 0 aromatic heterocycles. The first-order chi connectivity index (χ1) is 11.2. The first kappa shape index (κ1) is 16.5. The highest BCUT2D eigenvalue weighted by Gasteiger charge is 2.03. The molecule has 0 unspecified atom stereocenters. The molecule has 1 amide bonds. The average molecular weight is 316 g/mol. The molecule has 1 N–H and O–H groups in total. The molecule has 5 nitrogen and oxygen atoms in total. The van der Waals surface area contributed by atoms with Crippen molar-refractivity contribution in [1.29, 1.82) is 0 Å². The Balaban J connectivity index is 1.76. The topological polar surface area (TPSA) is 59.9 Å². The zero-order valence-electron chi connectivity index (χ0n) is 12.7. The van der Waals surface area contributed by atoms with E-state index < -0.39 is 0 Å². The maximum Gasteiger partial charge on any atom is 0.265 e. The van der Waals surface area contributed by atoms with E-state index in [9.17, 15) is 9.18 Å². The van der Waals surface area contributed by atoms with Gasteiger partial charge in [-0.15, -0.1) is 0 Å². The molecule has 0 heterocycles. The first-order valence-electron chi connectivity index (χ1n) is 7.11. The van der Waals surface area contributed by atoms with Crippen molar-refractivity contribution >= 4 is 17.8 Å². The maximum absolute atomic E-state index is 12.9. The third kappa shape index (κ3) is 5.78. The summed E-state index contributed by atoms with van der Waals surface area (Å²) in [6.45, 7) is 2.25. The summed E-state index contributed by atoms with van der Waals surface area (Å²) in [7, 11) is 0. The molecule has 2 rings (SSSR count). The normalized spacial score (nSPS) is 10.5. The summed E-state index contributed by atoms with van der Waals surface area (Å²) < 4.78 is 18.3. The summed E-state index contributed by atoms with van der Waals surface area (Å²) in [5, 5.41) is 6.30. The third-order valence-electron chi connectivity index (χ3n) is 2.77. The van der Waals surface area contributed by atoms with Crippen LogP contribution in [-0.4, -0.2) is 25.3 Å². The molecule has 0 radical (unpaired) electrons. The number of amides is 1. The SMILES string of the molecule is CCOc1ccc(NC(=O)CO/N=C\c2cccc(F)c2)cc1. The summed E-state index contributed by atoms with van der Waals surface area (Å²) in [6, 6.07) is 12.9. The number of hydrogen-bond acceptors (Lipinski definition) is 4. The summed E-state index contributed by atoms with van der Waals surface area (Å²) in [5.41, 5.74) is 1.19. The van der Waals surface area contributed by atoms with E-state index in [1.165, 1.54) is 18.3 Å². The summed E-state index contributed by atoms with van der Waals surface area (Å²) in [5.74, 6) is 0.0363. The fourth-order valence-electron chi connectivity index (χ4n) is 1.78. The van der Waals surface area contributed by atoms with Crippen molar-refractivity contribution in [1.82, 2.24) is 0 Å². The molecule has 2 aromatic rings. The molecule has 0 aliphatic heterocycles. The quantitative estimate of drug-likeness (QED) is 0.630. The van der Waals surface area contributed by atoms with Crippen molar-refractivity contribution in [2.24, 2.45) is 5.16 Å². The van der Waals surface area contributed by atoms with Gasteiger partial charge in [-0.3, -0.25) is 4.79 Å². The van der Waals surface area contributed by atoms with E-state index in [1.54, 1.807) is 36.4 Å². The van der Waals surface area contributed by atoms with Gasteiger partial charge in [0.15, 0.2) is 6.61 Å². The number of oxime groups is 1. The summed E-state index contributed by atoms with van der Waals surface area (Å²) >= 11 is 0. The molecule has 0 saturated carbocycles. The second-order valence-electron chi connectivity index (χ2n) is 4.57. The van der Waals surface area contributed by atoms with Gasteiger partial charge >= 0.3 is 0 Å². The van der Waals surface area contributed by atoms with Gasteiger partial charge in [-0.1, -0.05) is 17.3 Å². The Morgan fingerprint density at radius 1 is 1.26 bits per heavy atom. The lowest BCUT2D eigenvalue weighted by molar-refractivity contribution is -0.120. The van der Waals surface area contributed by atoms with E-state index in [1.807, 2.05) is 6.92 Å². The highest BCUT2D eigenvalue weighted by molar-refractivity contribution is 5.91. The number of anilines is 1. The van der Waals surface area contributed by atoms with E-state index >= 15 is 0 Å². The van der Waals surface area contributed by atoms with Crippen LogP contribution in [0.4, 0.5) is 10.1 Å². The van der Waals surface area contributed by atoms with Crippen LogP contribution in [0.3, 0.4) is 0 Å². The predicted octanol–water partition coefficient (Wildman–Crippen LogP) is 3.21. The highest BCUT2D eigenvalue weighted by atomic mass is 19.1. The fourth-order valence-corrected chi connectivity index (χ4v) is 1.78. The van der Waals surface area contributed by atoms with E-state index in [0.29, 0.717) is 17.9 Å². The monoisotopic (exact) mass is 316 g/mol. The van der Waals surface area contributed by atoms with E-state index in [4.69, 9.17) is 9.57 Å². The van der Waals surface area contributed by atoms with Gasteiger partial charge in [0.1, 0.15) is 11.6 Å². The van der Waals surface area contributed by atoms with Gasteiger partial charge in [-0.2, -0.15) is 0 Å². The Kier molecular flexibility index (Phi) is 6.11. The first-order valence-corrected chi connectivity index (χ1v) is 7.11. The lowest BCUT2D eigenvalue weighted by atomic mass is 10.2. The van der Waals surface area contributed by atoms with Crippen LogP contribution in [0.5, 0.6) is 5.75 Å². The van der Waals surface area contributed by atoms with Crippen LogP contribution in [0.2, 0.25) is 0 Å². The molecule has 2 aromatic carbocycles. The summed E-state index contributed by atoms with van der Waals surface area (Å²) in [4.78, 5) is 16.6. The van der Waals surface area contributed by atoms with Gasteiger partial charge in [0, 0.05) is 5.69 Å². The van der Waals surface area contributed by atoms with Gasteiger partial charge in [0.25, 0.3) is 5.91 Å². The van der Waals surface area contributed by atoms with Crippen molar-refractivity contribution in [3.05, 3.63) is 59.9 Å². The minimum Gasteiger partial charge on any atom is -0.494 e. The Bertz CT molecular complexity index is 672. The Morgan fingerprint density at radius 2 is 2.04 bits per heavy atom. The van der Waals surface area contributed by atoms with Crippen molar-refractivity contribution in [2.75, 3.05) is 18.5 Å². The summed E-state index contributed by atoms with van der Waals surface area (Å²) in [6.07, 6.45) is 1.34. The predicted molar refractivity (Wildman–Crippen MR) is 86.2 cm³/mol. The molecule has 0 saturated heterocycles. The van der Waals surface area contributed by atoms with Crippen molar-refractivity contribution in [3.8, 4) is 5.75 Å². The number of nitrogens with one attached hydrogen (secondary N) is 1. The average Bonchev–Trinajstić information content (AvgIpc) is 2.54. The van der Waals surface area contributed by atoms with Gasteiger partial charge < -0.3 is 14.9 Å². The number of ether oxygens (including phenoxy) is 1. The van der Waals surface area contributed by atoms with Crippen molar-refractivity contribution < 1.29 is 18.8 Å². The smallest absolute Gasteiger partial charge is 0.265 e. The molecule has 120 valence electrons. The van der Waals surface area contributed by atoms with Crippen LogP contribution in [0.25, 0.3) is 0 Å². The molecule has 0 aliphatic rings. The Labute approximate surface area is 133 Å². The largest absolute Gasteiger partial charge is 0.494 e. The molecule has 6 heteroatoms. The lowest BCUT2D eigenvalue weighted by Gasteiger charge is -2.06. The van der Waals surface area contributed by atoms with Crippen LogP contribution >= 0.6 is 0 Å². The van der Waals surface area contributed by atoms with Crippen LogP contribution < -0.4 is 10.1 Å². The fraction of sp³-hybridized carbons (Fsp3) is 0.176. The number of nitrogens with zero attached hydrogens (tertiary/aromatic N) is 1. The molecule has 0 atom stereocenters. The number of halogens is 1. The van der Waals surface area contributed by atoms with E-state index in [-0.39, 0.29) is 18.3 Å². The van der Waals surface area contributed by atoms with Gasteiger partial charge in [0.05, 0.1) is 12.8 Å². The van der Waals surface area contributed by atoms with Crippen molar-refractivity contribution in [3.63, 3.8) is 0 Å². The molecular formula is C17H17FN2O3. The second kappa shape index (κ2) is 8.53. The lowest BCUT2D eigenvalue weighted by Crippen LogP contribution is -2.16. The van der Waals surface area contributed by atoms with Gasteiger partial charge in [-0.05, 0) is 48.9 Å². The molecule has 0 bridgehead atoms. The van der Waals surface area contributed by atoms with Gasteiger partial charge in [-0.25, -0.2) is 4.39 Å². The van der Waals surface area contributed by atoms with E-state index in [2.05, 4.69) is 10.5 Å². The van der Waals surface area contributed by atoms with Crippen LogP contribution in [0, 0.1) is 5.82 Å². The number of carbonyl (C=O) groups is 1. The zero-order valence-corrected chi connectivity index (χ0v) is 12.7. The number of rotatable bonds is 7. The Morgan fingerprint density at radius 3 is 2.74 bits per heavy atom. The zero-order chi connectivity index (χ0) is 16.5. The van der Waals surface area contributed by atoms with Crippen LogP contribution in [-0.2, 0) is 9.63 Å². The van der Waals surface area contributed by atoms with E-state index in [0.717, 1.165) is 5.75 Å². The third-order valence-corrected chi connectivity index (χ3v) is 2.77. The molecule has 0 aliphatic carbocycles. The number of carbonyl (C=O) groups excluding carboxylic acids is 1.